The Bertz CT molecular complexity index is 244. The zero-order valence-corrected chi connectivity index (χ0v) is 9.24. The van der Waals surface area contributed by atoms with Crippen LogP contribution in [0.1, 0.15) is 6.92 Å². The van der Waals surface area contributed by atoms with E-state index in [1.54, 1.807) is 0 Å². The molecule has 0 aliphatic carbocycles. The summed E-state index contributed by atoms with van der Waals surface area (Å²) in [5.74, 6) is 0. The molecule has 1 aromatic heterocycles. The molecule has 3 nitrogen and oxygen atoms in total. The number of likely N-dealkylation sites (N-methyl/N-ethyl adjacent to an activating group) is 1. The molecule has 1 heterocycles. The molecule has 0 unspecified atom stereocenters. The number of nitrogens with zero attached hydrogens (tertiary/aromatic N) is 3. The van der Waals surface area contributed by atoms with Crippen molar-refractivity contribution in [2.45, 2.75) is 19.5 Å². The molecule has 68 valence electrons. The summed E-state index contributed by atoms with van der Waals surface area (Å²) in [6.45, 7) is 3.11. The van der Waals surface area contributed by atoms with Crippen LogP contribution < -0.4 is 0 Å². The third kappa shape index (κ3) is 2.60. The van der Waals surface area contributed by atoms with Crippen LogP contribution in [0.3, 0.4) is 0 Å². The fraction of sp³-hybridized carbons (Fsp3) is 0.625. The smallest absolute Gasteiger partial charge is 0.0632 e. The molecule has 0 saturated carbocycles. The van der Waals surface area contributed by atoms with Crippen LogP contribution >= 0.6 is 15.9 Å². The van der Waals surface area contributed by atoms with Gasteiger partial charge in [0.05, 0.1) is 17.2 Å². The second-order valence-corrected chi connectivity index (χ2v) is 4.11. The van der Waals surface area contributed by atoms with Crippen LogP contribution in [-0.2, 0) is 6.54 Å². The van der Waals surface area contributed by atoms with Gasteiger partial charge in [-0.1, -0.05) is 0 Å². The molecule has 1 atom stereocenters. The maximum Gasteiger partial charge on any atom is 0.0632 e. The summed E-state index contributed by atoms with van der Waals surface area (Å²) >= 11 is 3.36. The zero-order valence-electron chi connectivity index (χ0n) is 7.66. The highest BCUT2D eigenvalue weighted by atomic mass is 79.9. The molecule has 0 aliphatic rings. The quantitative estimate of drug-likeness (QED) is 0.789. The van der Waals surface area contributed by atoms with Crippen molar-refractivity contribution in [1.82, 2.24) is 14.7 Å². The topological polar surface area (TPSA) is 21.1 Å². The highest BCUT2D eigenvalue weighted by molar-refractivity contribution is 9.10. The van der Waals surface area contributed by atoms with Crippen molar-refractivity contribution in [2.24, 2.45) is 0 Å². The summed E-state index contributed by atoms with van der Waals surface area (Å²) in [5.41, 5.74) is 0. The number of halogens is 1. The summed E-state index contributed by atoms with van der Waals surface area (Å²) in [6, 6.07) is 0.511. The first kappa shape index (κ1) is 9.74. The average Bonchev–Trinajstić information content (AvgIpc) is 2.35. The van der Waals surface area contributed by atoms with Gasteiger partial charge >= 0.3 is 0 Å². The van der Waals surface area contributed by atoms with Gasteiger partial charge < -0.3 is 4.90 Å². The number of hydrogen-bond acceptors (Lipinski definition) is 2. The highest BCUT2D eigenvalue weighted by Crippen LogP contribution is 2.07. The molecule has 0 saturated heterocycles. The van der Waals surface area contributed by atoms with Crippen LogP contribution in [0.2, 0.25) is 0 Å². The van der Waals surface area contributed by atoms with Crippen LogP contribution in [0, 0.1) is 0 Å². The van der Waals surface area contributed by atoms with Gasteiger partial charge in [0.2, 0.25) is 0 Å². The molecule has 12 heavy (non-hydrogen) atoms. The SMILES string of the molecule is C[C@@H](Cn1cc(Br)cn1)N(C)C. The van der Waals surface area contributed by atoms with Gasteiger partial charge in [-0.25, -0.2) is 0 Å². The van der Waals surface area contributed by atoms with Crippen molar-refractivity contribution in [3.05, 3.63) is 16.9 Å². The Balaban J connectivity index is 2.52. The van der Waals surface area contributed by atoms with E-state index in [4.69, 9.17) is 0 Å². The normalized spacial score (nSPS) is 13.8. The maximum atomic E-state index is 4.18. The van der Waals surface area contributed by atoms with Crippen molar-refractivity contribution < 1.29 is 0 Å². The van der Waals surface area contributed by atoms with E-state index in [0.717, 1.165) is 11.0 Å². The molecular weight excluding hydrogens is 218 g/mol. The molecule has 4 heteroatoms. The van der Waals surface area contributed by atoms with Crippen LogP contribution in [0.15, 0.2) is 16.9 Å². The second-order valence-electron chi connectivity index (χ2n) is 3.19. The Hall–Kier alpha value is -0.350. The predicted molar refractivity (Wildman–Crippen MR) is 53.1 cm³/mol. The molecule has 0 amide bonds. The molecular formula is C8H14BrN3. The summed E-state index contributed by atoms with van der Waals surface area (Å²) in [6.07, 6.45) is 3.79. The molecule has 0 fully saturated rings. The van der Waals surface area contributed by atoms with Gasteiger partial charge in [-0.05, 0) is 36.9 Å². The monoisotopic (exact) mass is 231 g/mol. The first-order valence-electron chi connectivity index (χ1n) is 3.94. The number of hydrogen-bond donors (Lipinski definition) is 0. The van der Waals surface area contributed by atoms with Crippen molar-refractivity contribution in [3.8, 4) is 0 Å². The van der Waals surface area contributed by atoms with Gasteiger partial charge in [0.15, 0.2) is 0 Å². The summed E-state index contributed by atoms with van der Waals surface area (Å²) in [5, 5.41) is 4.18. The molecule has 1 aromatic rings. The Labute approximate surface area is 81.5 Å². The number of rotatable bonds is 3. The van der Waals surface area contributed by atoms with E-state index in [9.17, 15) is 0 Å². The van der Waals surface area contributed by atoms with Gasteiger partial charge in [0.25, 0.3) is 0 Å². The van der Waals surface area contributed by atoms with Crippen molar-refractivity contribution >= 4 is 15.9 Å². The van der Waals surface area contributed by atoms with Gasteiger partial charge in [-0.15, -0.1) is 0 Å². The van der Waals surface area contributed by atoms with Gasteiger partial charge in [0.1, 0.15) is 0 Å². The van der Waals surface area contributed by atoms with E-state index in [-0.39, 0.29) is 0 Å². The van der Waals surface area contributed by atoms with E-state index in [1.165, 1.54) is 0 Å². The Morgan fingerprint density at radius 2 is 2.33 bits per heavy atom. The van der Waals surface area contributed by atoms with Gasteiger partial charge in [-0.3, -0.25) is 4.68 Å². The first-order chi connectivity index (χ1) is 5.59. The average molecular weight is 232 g/mol. The van der Waals surface area contributed by atoms with E-state index < -0.39 is 0 Å². The van der Waals surface area contributed by atoms with E-state index in [0.29, 0.717) is 6.04 Å². The Kier molecular flexibility index (Phi) is 3.29. The highest BCUT2D eigenvalue weighted by Gasteiger charge is 2.05. The van der Waals surface area contributed by atoms with Crippen molar-refractivity contribution in [2.75, 3.05) is 14.1 Å². The lowest BCUT2D eigenvalue weighted by Gasteiger charge is -2.19. The Morgan fingerprint density at radius 1 is 1.67 bits per heavy atom. The summed E-state index contributed by atoms with van der Waals surface area (Å²) in [4.78, 5) is 2.18. The largest absolute Gasteiger partial charge is 0.305 e. The standard InChI is InChI=1S/C8H14BrN3/c1-7(11(2)3)5-12-6-8(9)4-10-12/h4,6-7H,5H2,1-3H3/t7-/m0/s1. The van der Waals surface area contributed by atoms with E-state index in [1.807, 2.05) is 17.1 Å². The summed E-state index contributed by atoms with van der Waals surface area (Å²) in [7, 11) is 4.15. The molecule has 0 spiro atoms. The molecule has 0 N–H and O–H groups in total. The van der Waals surface area contributed by atoms with Gasteiger partial charge in [0, 0.05) is 12.2 Å². The minimum absolute atomic E-state index is 0.511. The minimum atomic E-state index is 0.511. The third-order valence-corrected chi connectivity index (χ3v) is 2.34. The van der Waals surface area contributed by atoms with Gasteiger partial charge in [-0.2, -0.15) is 5.10 Å². The lowest BCUT2D eigenvalue weighted by molar-refractivity contribution is 0.275. The van der Waals surface area contributed by atoms with Crippen molar-refractivity contribution in [1.29, 1.82) is 0 Å². The van der Waals surface area contributed by atoms with Crippen LogP contribution in [0.25, 0.3) is 0 Å². The van der Waals surface area contributed by atoms with Crippen LogP contribution in [0.4, 0.5) is 0 Å². The second kappa shape index (κ2) is 4.05. The predicted octanol–water partition coefficient (Wildman–Crippen LogP) is 1.60. The summed E-state index contributed by atoms with van der Waals surface area (Å²) < 4.78 is 2.97. The lowest BCUT2D eigenvalue weighted by Crippen LogP contribution is -2.29. The minimum Gasteiger partial charge on any atom is -0.305 e. The van der Waals surface area contributed by atoms with E-state index >= 15 is 0 Å². The zero-order chi connectivity index (χ0) is 9.14. The molecule has 0 aliphatic heterocycles. The fourth-order valence-electron chi connectivity index (χ4n) is 0.872. The van der Waals surface area contributed by atoms with E-state index in [2.05, 4.69) is 46.9 Å². The lowest BCUT2D eigenvalue weighted by atomic mass is 10.3. The number of aromatic nitrogens is 2. The molecule has 0 bridgehead atoms. The van der Waals surface area contributed by atoms with Crippen molar-refractivity contribution in [3.63, 3.8) is 0 Å². The third-order valence-electron chi connectivity index (χ3n) is 1.93. The molecule has 1 rings (SSSR count). The maximum absolute atomic E-state index is 4.18. The first-order valence-corrected chi connectivity index (χ1v) is 4.73. The van der Waals surface area contributed by atoms with Crippen LogP contribution in [0.5, 0.6) is 0 Å². The van der Waals surface area contributed by atoms with Crippen LogP contribution in [-0.4, -0.2) is 34.8 Å². The fourth-order valence-corrected chi connectivity index (χ4v) is 1.20. The molecule has 0 radical (unpaired) electrons. The molecule has 0 aromatic carbocycles. The Morgan fingerprint density at radius 3 is 2.75 bits per heavy atom.